The number of hydrogen-bond donors (Lipinski definition) is 0. The van der Waals surface area contributed by atoms with E-state index < -0.39 is 0 Å². The average molecular weight is 264 g/mol. The number of halogens is 2. The van der Waals surface area contributed by atoms with Crippen LogP contribution in [0.3, 0.4) is 0 Å². The molecule has 0 atom stereocenters. The van der Waals surface area contributed by atoms with Crippen molar-refractivity contribution in [2.75, 3.05) is 0 Å². The van der Waals surface area contributed by atoms with E-state index in [9.17, 15) is 0 Å². The molecular formula is C7H4BrClN4. The van der Waals surface area contributed by atoms with Crippen molar-refractivity contribution >= 4 is 27.5 Å². The molecule has 66 valence electrons. The fourth-order valence-corrected chi connectivity index (χ4v) is 1.06. The van der Waals surface area contributed by atoms with Crippen molar-refractivity contribution in [2.24, 2.45) is 0 Å². The Morgan fingerprint density at radius 2 is 2.46 bits per heavy atom. The van der Waals surface area contributed by atoms with Crippen LogP contribution < -0.4 is 0 Å². The first-order valence-corrected chi connectivity index (χ1v) is 4.31. The summed E-state index contributed by atoms with van der Waals surface area (Å²) in [5, 5.41) is 3.52. The lowest BCUT2D eigenvalue weighted by molar-refractivity contribution is 0.808. The summed E-state index contributed by atoms with van der Waals surface area (Å²) >= 11 is 8.67. The van der Waals surface area contributed by atoms with E-state index >= 15 is 0 Å². The van der Waals surface area contributed by atoms with Crippen molar-refractivity contribution < 1.29 is 5.48 Å². The maximum atomic E-state index is 7.65. The highest BCUT2D eigenvalue weighted by Gasteiger charge is 2.01. The molecule has 0 amide bonds. The number of hydrogen-bond acceptors (Lipinski definition) is 3. The van der Waals surface area contributed by atoms with E-state index in [1.807, 2.05) is 0 Å². The molecule has 2 aromatic rings. The van der Waals surface area contributed by atoms with Gasteiger partial charge in [-0.2, -0.15) is 10.1 Å². The van der Waals surface area contributed by atoms with Crippen LogP contribution in [0, 0.1) is 0 Å². The van der Waals surface area contributed by atoms with Gasteiger partial charge in [-0.3, -0.25) is 0 Å². The Morgan fingerprint density at radius 1 is 1.62 bits per heavy atom. The molecule has 2 heterocycles. The van der Waals surface area contributed by atoms with Gasteiger partial charge in [-0.1, -0.05) is 11.6 Å². The summed E-state index contributed by atoms with van der Waals surface area (Å²) in [6.07, 6.45) is -0.628. The van der Waals surface area contributed by atoms with Gasteiger partial charge in [0.1, 0.15) is 5.15 Å². The summed E-state index contributed by atoms with van der Waals surface area (Å²) < 4.78 is 31.0. The Hall–Kier alpha value is -0.940. The molecule has 2 rings (SSSR count). The minimum atomic E-state index is -0.363. The third kappa shape index (κ3) is 1.87. The Balaban J connectivity index is 2.65. The predicted molar refractivity (Wildman–Crippen MR) is 51.9 cm³/mol. The van der Waals surface area contributed by atoms with Gasteiger partial charge in [-0.15, -0.1) is 0 Å². The lowest BCUT2D eigenvalue weighted by atomic mass is 10.7. The zero-order chi connectivity index (χ0) is 12.7. The van der Waals surface area contributed by atoms with E-state index in [0.29, 0.717) is 0 Å². The van der Waals surface area contributed by atoms with Gasteiger partial charge >= 0.3 is 0 Å². The molecule has 0 saturated heterocycles. The Labute approximate surface area is 93.3 Å². The van der Waals surface area contributed by atoms with Crippen molar-refractivity contribution in [1.29, 1.82) is 0 Å². The van der Waals surface area contributed by atoms with E-state index in [4.69, 9.17) is 17.1 Å². The van der Waals surface area contributed by atoms with Crippen molar-refractivity contribution in [1.82, 2.24) is 19.7 Å². The van der Waals surface area contributed by atoms with Crippen LogP contribution in [0.5, 0.6) is 0 Å². The smallest absolute Gasteiger partial charge is 0.220 e. The monoisotopic (exact) mass is 262 g/mol. The van der Waals surface area contributed by atoms with Crippen LogP contribution in [0.1, 0.15) is 5.48 Å². The maximum absolute atomic E-state index is 7.65. The second kappa shape index (κ2) is 3.43. The molecule has 0 unspecified atom stereocenters. The minimum Gasteiger partial charge on any atom is -0.220 e. The van der Waals surface area contributed by atoms with Gasteiger partial charge in [0, 0.05) is 12.3 Å². The summed E-state index contributed by atoms with van der Waals surface area (Å²) in [5.74, 6) is -0.111. The molecule has 6 heteroatoms. The van der Waals surface area contributed by atoms with Gasteiger partial charge in [0.2, 0.25) is 0 Å². The highest BCUT2D eigenvalue weighted by atomic mass is 79.9. The molecule has 0 aliphatic carbocycles. The Kier molecular flexibility index (Phi) is 1.34. The van der Waals surface area contributed by atoms with E-state index in [1.165, 1.54) is 0 Å². The predicted octanol–water partition coefficient (Wildman–Crippen LogP) is 2.08. The number of nitrogens with zero attached hydrogens (tertiary/aromatic N) is 4. The molecule has 2 aromatic heterocycles. The normalized spacial score (nSPS) is 14.6. The topological polar surface area (TPSA) is 43.6 Å². The van der Waals surface area contributed by atoms with E-state index in [2.05, 4.69) is 31.0 Å². The molecule has 0 bridgehead atoms. The number of aromatic nitrogens is 4. The quantitative estimate of drug-likeness (QED) is 0.740. The van der Waals surface area contributed by atoms with Gasteiger partial charge in [-0.25, -0.2) is 9.67 Å². The standard InChI is InChI=1S/C7H4BrClN4/c8-5-3-11-13(4-5)7-10-2-1-6(9)12-7/h1-4H/i1D,2D,3D,4D. The van der Waals surface area contributed by atoms with Crippen LogP contribution in [0.15, 0.2) is 29.0 Å². The van der Waals surface area contributed by atoms with E-state index in [0.717, 1.165) is 4.68 Å². The van der Waals surface area contributed by atoms with Crippen LogP contribution in [0.2, 0.25) is 5.15 Å². The fourth-order valence-electron chi connectivity index (χ4n) is 0.691. The molecule has 0 fully saturated rings. The summed E-state index contributed by atoms with van der Waals surface area (Å²) in [6.45, 7) is 0. The molecule has 0 aliphatic rings. The highest BCUT2D eigenvalue weighted by Crippen LogP contribution is 2.10. The first-order valence-electron chi connectivity index (χ1n) is 5.14. The molecule has 13 heavy (non-hydrogen) atoms. The summed E-state index contributed by atoms with van der Waals surface area (Å²) in [6, 6.07) is -0.292. The van der Waals surface area contributed by atoms with Crippen LogP contribution in [0.4, 0.5) is 0 Å². The minimum absolute atomic E-state index is 0.111. The van der Waals surface area contributed by atoms with Crippen LogP contribution in [-0.2, 0) is 0 Å². The summed E-state index contributed by atoms with van der Waals surface area (Å²) in [5.41, 5.74) is 0. The zero-order valence-electron chi connectivity index (χ0n) is 10.0. The van der Waals surface area contributed by atoms with Crippen LogP contribution >= 0.6 is 27.5 Å². The maximum Gasteiger partial charge on any atom is 0.251 e. The molecular weight excluding hydrogens is 255 g/mol. The first kappa shape index (κ1) is 5.07. The lowest BCUT2D eigenvalue weighted by Gasteiger charge is -1.97. The van der Waals surface area contributed by atoms with Gasteiger partial charge in [-0.05, 0) is 22.0 Å². The lowest BCUT2D eigenvalue weighted by Crippen LogP contribution is -2.00. The Morgan fingerprint density at radius 3 is 3.08 bits per heavy atom. The third-order valence-corrected chi connectivity index (χ3v) is 1.69. The molecule has 0 aliphatic heterocycles. The molecule has 0 spiro atoms. The largest absolute Gasteiger partial charge is 0.251 e. The van der Waals surface area contributed by atoms with Crippen molar-refractivity contribution in [3.05, 3.63) is 34.2 Å². The second-order valence-electron chi connectivity index (χ2n) is 2.00. The van der Waals surface area contributed by atoms with E-state index in [1.54, 1.807) is 0 Å². The second-order valence-corrected chi connectivity index (χ2v) is 3.15. The van der Waals surface area contributed by atoms with Gasteiger partial charge in [0.25, 0.3) is 5.95 Å². The first-order chi connectivity index (χ1) is 7.91. The molecule has 0 N–H and O–H groups in total. The van der Waals surface area contributed by atoms with Crippen LogP contribution in [0.25, 0.3) is 5.95 Å². The summed E-state index contributed by atoms with van der Waals surface area (Å²) in [7, 11) is 0. The van der Waals surface area contributed by atoms with Gasteiger partial charge in [0.15, 0.2) is 0 Å². The highest BCUT2D eigenvalue weighted by molar-refractivity contribution is 9.10. The van der Waals surface area contributed by atoms with Crippen molar-refractivity contribution in [3.63, 3.8) is 0 Å². The molecule has 0 aromatic carbocycles. The fraction of sp³-hybridized carbons (Fsp3) is 0. The average Bonchev–Trinajstić information content (AvgIpc) is 2.53. The van der Waals surface area contributed by atoms with Crippen molar-refractivity contribution in [3.8, 4) is 5.95 Å². The number of rotatable bonds is 1. The van der Waals surface area contributed by atoms with Crippen LogP contribution in [-0.4, -0.2) is 19.7 Å². The van der Waals surface area contributed by atoms with Crippen molar-refractivity contribution in [2.45, 2.75) is 0 Å². The van der Waals surface area contributed by atoms with E-state index in [-0.39, 0.29) is 40.1 Å². The molecule has 0 radical (unpaired) electrons. The zero-order valence-corrected chi connectivity index (χ0v) is 8.39. The van der Waals surface area contributed by atoms with Gasteiger partial charge in [0.05, 0.1) is 16.1 Å². The molecule has 0 saturated carbocycles. The molecule has 4 nitrogen and oxygen atoms in total. The third-order valence-electron chi connectivity index (χ3n) is 1.15. The SMILES string of the molecule is [2H]c1nc(-n2nc([2H])c(Br)c2[2H])nc(Cl)c1[2H]. The van der Waals surface area contributed by atoms with Gasteiger partial charge < -0.3 is 0 Å². The Bertz CT molecular complexity index is 579. The summed E-state index contributed by atoms with van der Waals surface area (Å²) in [4.78, 5) is 7.42.